The number of benzene rings is 3. The van der Waals surface area contributed by atoms with Gasteiger partial charge in [0.2, 0.25) is 5.89 Å². The van der Waals surface area contributed by atoms with Gasteiger partial charge in [-0.2, -0.15) is 0 Å². The lowest BCUT2D eigenvalue weighted by Gasteiger charge is -2.23. The molecule has 0 aliphatic rings. The zero-order chi connectivity index (χ0) is 26.2. The molecular weight excluding hydrogens is 462 g/mol. The number of anilines is 1. The number of hydrogen-bond acceptors (Lipinski definition) is 5. The van der Waals surface area contributed by atoms with E-state index in [9.17, 15) is 4.79 Å². The van der Waals surface area contributed by atoms with E-state index in [2.05, 4.69) is 53.3 Å². The van der Waals surface area contributed by atoms with E-state index in [0.29, 0.717) is 24.6 Å². The molecule has 1 amide bonds. The molecule has 0 saturated carbocycles. The molecule has 0 atom stereocenters. The Morgan fingerprint density at radius 2 is 1.73 bits per heavy atom. The predicted octanol–water partition coefficient (Wildman–Crippen LogP) is 6.49. The molecule has 0 aliphatic carbocycles. The maximum absolute atomic E-state index is 12.6. The number of aryl methyl sites for hydroxylation is 3. The molecule has 4 aromatic rings. The van der Waals surface area contributed by atoms with Crippen molar-refractivity contribution >= 4 is 11.6 Å². The Hall–Kier alpha value is -4.06. The number of amides is 1. The van der Waals surface area contributed by atoms with Crippen molar-refractivity contribution in [2.75, 3.05) is 24.5 Å². The average molecular weight is 498 g/mol. The summed E-state index contributed by atoms with van der Waals surface area (Å²) in [5.74, 6) is 1.95. The fraction of sp³-hybridized carbons (Fsp3) is 0.290. The highest BCUT2D eigenvalue weighted by molar-refractivity contribution is 5.94. The monoisotopic (exact) mass is 497 g/mol. The van der Waals surface area contributed by atoms with Crippen LogP contribution in [0, 0.1) is 20.8 Å². The summed E-state index contributed by atoms with van der Waals surface area (Å²) in [7, 11) is 0. The molecule has 6 nitrogen and oxygen atoms in total. The topological polar surface area (TPSA) is 67.6 Å². The highest BCUT2D eigenvalue weighted by atomic mass is 16.5. The maximum Gasteiger partial charge on any atom is 0.251 e. The Kier molecular flexibility index (Phi) is 8.62. The molecule has 0 saturated heterocycles. The van der Waals surface area contributed by atoms with Gasteiger partial charge < -0.3 is 19.4 Å². The van der Waals surface area contributed by atoms with Crippen LogP contribution in [0.4, 0.5) is 5.69 Å². The van der Waals surface area contributed by atoms with E-state index in [4.69, 9.17) is 9.15 Å². The first kappa shape index (κ1) is 26.0. The maximum atomic E-state index is 12.6. The van der Waals surface area contributed by atoms with Gasteiger partial charge in [-0.3, -0.25) is 4.79 Å². The van der Waals surface area contributed by atoms with Gasteiger partial charge in [-0.25, -0.2) is 4.98 Å². The lowest BCUT2D eigenvalue weighted by molar-refractivity contribution is 0.0953. The van der Waals surface area contributed by atoms with Gasteiger partial charge in [-0.15, -0.1) is 0 Å². The van der Waals surface area contributed by atoms with Crippen molar-refractivity contribution in [2.45, 2.75) is 40.7 Å². The Bertz CT molecular complexity index is 1310. The highest BCUT2D eigenvalue weighted by Crippen LogP contribution is 2.23. The third kappa shape index (κ3) is 7.00. The van der Waals surface area contributed by atoms with Gasteiger partial charge in [-0.05, 0) is 88.2 Å². The van der Waals surface area contributed by atoms with Crippen LogP contribution in [0.15, 0.2) is 77.2 Å². The van der Waals surface area contributed by atoms with Crippen LogP contribution in [0.1, 0.15) is 46.3 Å². The number of nitrogens with zero attached hydrogens (tertiary/aromatic N) is 2. The summed E-state index contributed by atoms with van der Waals surface area (Å²) in [5.41, 5.74) is 5.84. The van der Waals surface area contributed by atoms with Gasteiger partial charge in [0, 0.05) is 36.4 Å². The molecule has 37 heavy (non-hydrogen) atoms. The highest BCUT2D eigenvalue weighted by Gasteiger charge is 2.13. The molecule has 0 radical (unpaired) electrons. The first-order chi connectivity index (χ1) is 17.9. The number of ether oxygens (including phenoxy) is 1. The summed E-state index contributed by atoms with van der Waals surface area (Å²) in [5, 5.41) is 3.03. The molecule has 0 aliphatic heterocycles. The zero-order valence-corrected chi connectivity index (χ0v) is 22.1. The zero-order valence-electron chi connectivity index (χ0n) is 22.1. The lowest BCUT2D eigenvalue weighted by atomic mass is 10.1. The summed E-state index contributed by atoms with van der Waals surface area (Å²) in [6, 6.07) is 23.8. The third-order valence-electron chi connectivity index (χ3n) is 6.32. The Labute approximate surface area is 219 Å². The van der Waals surface area contributed by atoms with Crippen molar-refractivity contribution in [1.82, 2.24) is 10.3 Å². The van der Waals surface area contributed by atoms with Gasteiger partial charge >= 0.3 is 0 Å². The molecule has 6 heteroatoms. The van der Waals surface area contributed by atoms with Crippen molar-refractivity contribution in [1.29, 1.82) is 0 Å². The number of carbonyl (C=O) groups excluding carboxylic acids is 1. The quantitative estimate of drug-likeness (QED) is 0.240. The molecule has 0 unspecified atom stereocenters. The van der Waals surface area contributed by atoms with Crippen molar-refractivity contribution in [3.05, 3.63) is 101 Å². The van der Waals surface area contributed by atoms with E-state index in [1.165, 1.54) is 16.8 Å². The second kappa shape index (κ2) is 12.3. The smallest absolute Gasteiger partial charge is 0.251 e. The first-order valence-electron chi connectivity index (χ1n) is 12.8. The van der Waals surface area contributed by atoms with E-state index in [0.717, 1.165) is 42.3 Å². The standard InChI is InChI=1S/C31H35N3O3/c1-5-34(27-9-6-8-23(3)20-27)19-7-18-32-30(35)25-12-14-26(15-13-25)31-33-29(24(4)37-31)21-36-28-16-10-22(2)11-17-28/h6,8-17,20H,5,7,18-19,21H2,1-4H3,(H,32,35). The van der Waals surface area contributed by atoms with Crippen LogP contribution in [-0.4, -0.2) is 30.5 Å². The number of rotatable bonds is 11. The SMILES string of the molecule is CCN(CCCNC(=O)c1ccc(-c2nc(COc3ccc(C)cc3)c(C)o2)cc1)c1cccc(C)c1. The normalized spacial score (nSPS) is 10.8. The molecule has 0 fully saturated rings. The van der Waals surface area contributed by atoms with Crippen molar-refractivity contribution in [3.63, 3.8) is 0 Å². The minimum atomic E-state index is -0.0825. The Balaban J connectivity index is 1.28. The second-order valence-corrected chi connectivity index (χ2v) is 9.23. The number of nitrogens with one attached hydrogen (secondary N) is 1. The van der Waals surface area contributed by atoms with E-state index in [1.807, 2.05) is 50.2 Å². The molecule has 3 aromatic carbocycles. The van der Waals surface area contributed by atoms with Crippen molar-refractivity contribution in [3.8, 4) is 17.2 Å². The fourth-order valence-electron chi connectivity index (χ4n) is 4.10. The minimum Gasteiger partial charge on any atom is -0.487 e. The van der Waals surface area contributed by atoms with E-state index in [-0.39, 0.29) is 5.91 Å². The van der Waals surface area contributed by atoms with Crippen LogP contribution in [-0.2, 0) is 6.61 Å². The summed E-state index contributed by atoms with van der Waals surface area (Å²) in [6.07, 6.45) is 0.870. The van der Waals surface area contributed by atoms with Gasteiger partial charge in [0.05, 0.1) is 0 Å². The van der Waals surface area contributed by atoms with Crippen LogP contribution in [0.5, 0.6) is 5.75 Å². The largest absolute Gasteiger partial charge is 0.487 e. The van der Waals surface area contributed by atoms with Gasteiger partial charge in [0.1, 0.15) is 23.8 Å². The van der Waals surface area contributed by atoms with Crippen molar-refractivity contribution < 1.29 is 13.9 Å². The molecule has 0 spiro atoms. The summed E-state index contributed by atoms with van der Waals surface area (Å²) >= 11 is 0. The summed E-state index contributed by atoms with van der Waals surface area (Å²) in [6.45, 7) is 10.9. The number of oxazole rings is 1. The van der Waals surface area contributed by atoms with E-state index < -0.39 is 0 Å². The molecular formula is C31H35N3O3. The van der Waals surface area contributed by atoms with Gasteiger partial charge in [0.15, 0.2) is 0 Å². The lowest BCUT2D eigenvalue weighted by Crippen LogP contribution is -2.30. The van der Waals surface area contributed by atoms with Crippen LogP contribution >= 0.6 is 0 Å². The number of carbonyl (C=O) groups is 1. The van der Waals surface area contributed by atoms with E-state index >= 15 is 0 Å². The summed E-state index contributed by atoms with van der Waals surface area (Å²) < 4.78 is 11.7. The first-order valence-corrected chi connectivity index (χ1v) is 12.8. The number of aromatic nitrogens is 1. The molecule has 1 aromatic heterocycles. The predicted molar refractivity (Wildman–Crippen MR) is 148 cm³/mol. The third-order valence-corrected chi connectivity index (χ3v) is 6.32. The number of hydrogen-bond donors (Lipinski definition) is 1. The molecule has 1 heterocycles. The Morgan fingerprint density at radius 3 is 2.43 bits per heavy atom. The van der Waals surface area contributed by atoms with E-state index in [1.54, 1.807) is 12.1 Å². The van der Waals surface area contributed by atoms with Gasteiger partial charge in [0.25, 0.3) is 5.91 Å². The van der Waals surface area contributed by atoms with Crippen molar-refractivity contribution in [2.24, 2.45) is 0 Å². The Morgan fingerprint density at radius 1 is 0.973 bits per heavy atom. The van der Waals surface area contributed by atoms with Gasteiger partial charge in [-0.1, -0.05) is 29.8 Å². The summed E-state index contributed by atoms with van der Waals surface area (Å²) in [4.78, 5) is 19.6. The minimum absolute atomic E-state index is 0.0825. The fourth-order valence-corrected chi connectivity index (χ4v) is 4.10. The molecule has 0 bridgehead atoms. The van der Waals surface area contributed by atoms with Crippen LogP contribution < -0.4 is 15.0 Å². The van der Waals surface area contributed by atoms with Crippen LogP contribution in [0.3, 0.4) is 0 Å². The molecule has 1 N–H and O–H groups in total. The second-order valence-electron chi connectivity index (χ2n) is 9.23. The molecule has 4 rings (SSSR count). The molecule has 192 valence electrons. The average Bonchev–Trinajstić information content (AvgIpc) is 3.28. The van der Waals surface area contributed by atoms with Crippen LogP contribution in [0.2, 0.25) is 0 Å². The van der Waals surface area contributed by atoms with Crippen LogP contribution in [0.25, 0.3) is 11.5 Å².